The van der Waals surface area contributed by atoms with Crippen molar-refractivity contribution in [1.29, 1.82) is 0 Å². The molecule has 0 aliphatic carbocycles. The van der Waals surface area contributed by atoms with E-state index in [1.165, 1.54) is 0 Å². The minimum absolute atomic E-state index is 0.114. The van der Waals surface area contributed by atoms with E-state index >= 15 is 0 Å². The maximum absolute atomic E-state index is 13.2. The number of phenolic OH excluding ortho intramolecular Hbond substituents is 1. The van der Waals surface area contributed by atoms with Crippen molar-refractivity contribution < 1.29 is 19.1 Å². The Hall–Kier alpha value is -3.31. The number of nitrogens with zero attached hydrogens (tertiary/aromatic N) is 1. The number of hydrogen-bond acceptors (Lipinski definition) is 3. The summed E-state index contributed by atoms with van der Waals surface area (Å²) in [4.78, 5) is 13.2. The van der Waals surface area contributed by atoms with Gasteiger partial charge in [-0.2, -0.15) is 0 Å². The zero-order valence-corrected chi connectivity index (χ0v) is 19.2. The zero-order chi connectivity index (χ0) is 23.3. The molecule has 5 nitrogen and oxygen atoms in total. The van der Waals surface area contributed by atoms with Crippen LogP contribution in [0.15, 0.2) is 84.9 Å². The van der Waals surface area contributed by atoms with Gasteiger partial charge in [-0.1, -0.05) is 60.7 Å². The van der Waals surface area contributed by atoms with Crippen molar-refractivity contribution in [2.45, 2.75) is 18.3 Å². The summed E-state index contributed by atoms with van der Waals surface area (Å²) >= 11 is 0. The second-order valence-electron chi connectivity index (χ2n) is 9.34. The number of benzene rings is 3. The Morgan fingerprint density at radius 2 is 1.58 bits per heavy atom. The third-order valence-corrected chi connectivity index (χ3v) is 7.09. The molecule has 1 heterocycles. The number of quaternary nitrogens is 1. The van der Waals surface area contributed by atoms with Crippen LogP contribution in [-0.2, 0) is 10.2 Å². The summed E-state index contributed by atoms with van der Waals surface area (Å²) in [5.41, 5.74) is 7.31. The van der Waals surface area contributed by atoms with E-state index in [2.05, 4.69) is 7.05 Å². The maximum atomic E-state index is 13.2. The Morgan fingerprint density at radius 3 is 2.12 bits per heavy atom. The molecule has 0 spiro atoms. The van der Waals surface area contributed by atoms with Crippen LogP contribution in [-0.4, -0.2) is 48.8 Å². The van der Waals surface area contributed by atoms with E-state index in [-0.39, 0.29) is 17.6 Å². The van der Waals surface area contributed by atoms with Gasteiger partial charge in [-0.05, 0) is 35.4 Å². The maximum Gasteiger partial charge on any atom is 0.233 e. The van der Waals surface area contributed by atoms with E-state index in [0.717, 1.165) is 53.8 Å². The van der Waals surface area contributed by atoms with Crippen molar-refractivity contribution in [3.8, 4) is 11.5 Å². The summed E-state index contributed by atoms with van der Waals surface area (Å²) < 4.78 is 6.73. The highest BCUT2D eigenvalue weighted by atomic mass is 16.5. The molecule has 0 bridgehead atoms. The number of carbonyl (C=O) groups is 1. The molecular weight excluding hydrogens is 412 g/mol. The lowest BCUT2D eigenvalue weighted by Crippen LogP contribution is -2.51. The first-order valence-corrected chi connectivity index (χ1v) is 11.6. The Bertz CT molecular complexity index is 1010. The highest BCUT2D eigenvalue weighted by Crippen LogP contribution is 2.45. The number of rotatable bonds is 9. The van der Waals surface area contributed by atoms with Crippen LogP contribution in [0.25, 0.3) is 0 Å². The highest BCUT2D eigenvalue weighted by Gasteiger charge is 2.53. The summed E-state index contributed by atoms with van der Waals surface area (Å²) in [6.07, 6.45) is 1.84. The number of phenols is 1. The highest BCUT2D eigenvalue weighted by molar-refractivity contribution is 5.91. The molecule has 1 unspecified atom stereocenters. The van der Waals surface area contributed by atoms with Gasteiger partial charge in [-0.25, -0.2) is 0 Å². The van der Waals surface area contributed by atoms with Crippen molar-refractivity contribution in [3.63, 3.8) is 0 Å². The van der Waals surface area contributed by atoms with Gasteiger partial charge in [0.2, 0.25) is 5.91 Å². The number of primary amides is 1. The van der Waals surface area contributed by atoms with Gasteiger partial charge in [-0.15, -0.1) is 0 Å². The number of amides is 1. The van der Waals surface area contributed by atoms with Crippen LogP contribution >= 0.6 is 0 Å². The van der Waals surface area contributed by atoms with Crippen molar-refractivity contribution in [1.82, 2.24) is 0 Å². The largest absolute Gasteiger partial charge is 0.508 e. The van der Waals surface area contributed by atoms with Crippen molar-refractivity contribution >= 4 is 5.91 Å². The van der Waals surface area contributed by atoms with E-state index in [1.54, 1.807) is 24.3 Å². The molecule has 0 aromatic heterocycles. The quantitative estimate of drug-likeness (QED) is 0.385. The summed E-state index contributed by atoms with van der Waals surface area (Å²) in [6, 6.07) is 26.8. The van der Waals surface area contributed by atoms with Gasteiger partial charge in [0.05, 0.1) is 33.3 Å². The Balaban J connectivity index is 1.51. The van der Waals surface area contributed by atoms with E-state index < -0.39 is 5.41 Å². The van der Waals surface area contributed by atoms with Gasteiger partial charge in [-0.3, -0.25) is 4.79 Å². The van der Waals surface area contributed by atoms with E-state index in [4.69, 9.17) is 10.5 Å². The predicted molar refractivity (Wildman–Crippen MR) is 130 cm³/mol. The summed E-state index contributed by atoms with van der Waals surface area (Å²) in [6.45, 7) is 3.46. The molecule has 0 radical (unpaired) electrons. The van der Waals surface area contributed by atoms with Crippen LogP contribution in [0.1, 0.15) is 24.0 Å². The molecule has 4 rings (SSSR count). The molecule has 3 aromatic carbocycles. The van der Waals surface area contributed by atoms with Crippen molar-refractivity contribution in [2.24, 2.45) is 11.7 Å². The summed E-state index contributed by atoms with van der Waals surface area (Å²) in [7, 11) is 2.27. The lowest BCUT2D eigenvalue weighted by molar-refractivity contribution is -0.899. The van der Waals surface area contributed by atoms with E-state index in [0.29, 0.717) is 6.61 Å². The number of ether oxygens (including phenoxy) is 1. The first-order chi connectivity index (χ1) is 15.9. The molecule has 0 saturated carbocycles. The normalized spacial score (nSPS) is 20.5. The molecular formula is C28H33N2O3+. The predicted octanol–water partition coefficient (Wildman–Crippen LogP) is 4.10. The molecule has 1 aliphatic heterocycles. The van der Waals surface area contributed by atoms with Gasteiger partial charge in [0.15, 0.2) is 0 Å². The second-order valence-corrected chi connectivity index (χ2v) is 9.34. The molecule has 3 aromatic rings. The lowest BCUT2D eigenvalue weighted by Gasteiger charge is -2.38. The van der Waals surface area contributed by atoms with Gasteiger partial charge >= 0.3 is 0 Å². The number of hydrogen-bond donors (Lipinski definition) is 2. The first-order valence-electron chi connectivity index (χ1n) is 11.6. The molecule has 1 fully saturated rings. The van der Waals surface area contributed by atoms with Gasteiger partial charge in [0.25, 0.3) is 0 Å². The van der Waals surface area contributed by atoms with Crippen LogP contribution in [0, 0.1) is 5.92 Å². The molecule has 5 heteroatoms. The minimum atomic E-state index is -0.846. The fourth-order valence-electron chi connectivity index (χ4n) is 5.44. The molecule has 2 atom stereocenters. The Labute approximate surface area is 196 Å². The monoisotopic (exact) mass is 445 g/mol. The average molecular weight is 446 g/mol. The number of aromatic hydroxyl groups is 1. The molecule has 1 amide bonds. The fourth-order valence-corrected chi connectivity index (χ4v) is 5.44. The number of likely N-dealkylation sites (tertiary alicyclic amines) is 1. The first kappa shape index (κ1) is 22.9. The van der Waals surface area contributed by atoms with Gasteiger partial charge in [0, 0.05) is 18.8 Å². The van der Waals surface area contributed by atoms with E-state index in [1.807, 2.05) is 60.7 Å². The fraction of sp³-hybridized carbons (Fsp3) is 0.321. The Morgan fingerprint density at radius 1 is 1.00 bits per heavy atom. The number of carbonyl (C=O) groups excluding carboxylic acids is 1. The average Bonchev–Trinajstić information content (AvgIpc) is 3.22. The van der Waals surface area contributed by atoms with Gasteiger partial charge < -0.3 is 20.1 Å². The van der Waals surface area contributed by atoms with E-state index in [9.17, 15) is 9.90 Å². The SMILES string of the molecule is C[N+]1(CCCOc2ccc(O)cc2)CC[C@@H](C(C(N)=O)(c2ccccc2)c2ccccc2)C1. The molecule has 1 saturated heterocycles. The van der Waals surface area contributed by atoms with Crippen LogP contribution in [0.5, 0.6) is 11.5 Å². The van der Waals surface area contributed by atoms with Crippen LogP contribution in [0.3, 0.4) is 0 Å². The second kappa shape index (κ2) is 9.67. The minimum Gasteiger partial charge on any atom is -0.508 e. The standard InChI is InChI=1S/C28H32N2O3/c1-30(18-8-20-33-26-15-13-25(31)14-16-26)19-17-24(21-30)28(27(29)32,22-9-4-2-5-10-22)23-11-6-3-7-12-23/h2-7,9-16,24H,8,17-21H2,1H3,(H2-,29,31,32)/p+1/t24-,30?/m1/s1. The third-order valence-electron chi connectivity index (χ3n) is 7.09. The smallest absolute Gasteiger partial charge is 0.233 e. The summed E-state index contributed by atoms with van der Waals surface area (Å²) in [5, 5.41) is 9.41. The molecule has 33 heavy (non-hydrogen) atoms. The van der Waals surface area contributed by atoms with Gasteiger partial charge in [0.1, 0.15) is 16.9 Å². The molecule has 3 N–H and O–H groups in total. The lowest BCUT2D eigenvalue weighted by atomic mass is 9.64. The zero-order valence-electron chi connectivity index (χ0n) is 19.2. The van der Waals surface area contributed by atoms with Crippen LogP contribution < -0.4 is 10.5 Å². The van der Waals surface area contributed by atoms with Crippen molar-refractivity contribution in [3.05, 3.63) is 96.1 Å². The molecule has 1 aliphatic rings. The Kier molecular flexibility index (Phi) is 6.70. The topological polar surface area (TPSA) is 72.6 Å². The molecule has 172 valence electrons. The number of nitrogens with two attached hydrogens (primary N) is 1. The third kappa shape index (κ3) is 4.74. The van der Waals surface area contributed by atoms with Crippen LogP contribution in [0.2, 0.25) is 0 Å². The van der Waals surface area contributed by atoms with Crippen molar-refractivity contribution in [2.75, 3.05) is 33.3 Å². The van der Waals surface area contributed by atoms with Crippen LogP contribution in [0.4, 0.5) is 0 Å². The summed E-state index contributed by atoms with van der Waals surface area (Å²) in [5.74, 6) is 0.825.